The monoisotopic (exact) mass is 278 g/mol. The van der Waals surface area contributed by atoms with Crippen LogP contribution in [-0.4, -0.2) is 15.6 Å². The molecule has 1 rings (SSSR count). The molecule has 0 saturated heterocycles. The van der Waals surface area contributed by atoms with E-state index in [2.05, 4.69) is 4.98 Å². The summed E-state index contributed by atoms with van der Waals surface area (Å²) in [6.07, 6.45) is -4.48. The second-order valence-corrected chi connectivity index (χ2v) is 3.21. The molecule has 1 aromatic heterocycles. The summed E-state index contributed by atoms with van der Waals surface area (Å²) in [5.41, 5.74) is 0.117. The van der Waals surface area contributed by atoms with Gasteiger partial charge in [0.05, 0.1) is 11.1 Å². The third-order valence-corrected chi connectivity index (χ3v) is 1.98. The third kappa shape index (κ3) is 3.03. The van der Waals surface area contributed by atoms with Gasteiger partial charge in [0.15, 0.2) is 11.5 Å². The lowest BCUT2D eigenvalue weighted by Crippen LogP contribution is -2.19. The number of allylic oxidation sites excluding steroid dienone is 1. The van der Waals surface area contributed by atoms with Crippen molar-refractivity contribution in [1.82, 2.24) is 4.98 Å². The molecule has 0 bridgehead atoms. The lowest BCUT2D eigenvalue weighted by atomic mass is 10.1. The number of nitrogens with one attached hydrogen (secondary N) is 1. The zero-order valence-corrected chi connectivity index (χ0v) is 9.03. The number of rotatable bonds is 3. The summed E-state index contributed by atoms with van der Waals surface area (Å²) in [5, 5.41) is 17.8. The van der Waals surface area contributed by atoms with Gasteiger partial charge >= 0.3 is 11.9 Å². The molecule has 3 N–H and O–H groups in total. The fraction of sp³-hybridized carbons (Fsp3) is 0.111. The van der Waals surface area contributed by atoms with E-state index in [1.165, 1.54) is 0 Å². The van der Waals surface area contributed by atoms with Gasteiger partial charge in [-0.1, -0.05) is 0 Å². The number of alkyl halides is 3. The first kappa shape index (κ1) is 14.5. The van der Waals surface area contributed by atoms with Crippen molar-refractivity contribution in [3.8, 4) is 0 Å². The molecule has 0 aliphatic heterocycles. The number of halogens is 4. The first-order chi connectivity index (χ1) is 8.68. The average Bonchev–Trinajstić information content (AvgIpc) is 2.28. The summed E-state index contributed by atoms with van der Waals surface area (Å²) in [6.45, 7) is 0. The van der Waals surface area contributed by atoms with Crippen LogP contribution in [0.25, 0.3) is 0 Å². The van der Waals surface area contributed by atoms with Crippen LogP contribution in [0.15, 0.2) is 24.0 Å². The lowest BCUT2D eigenvalue weighted by Gasteiger charge is -2.08. The average molecular weight is 278 g/mol. The molecule has 10 heteroatoms. The van der Waals surface area contributed by atoms with Crippen molar-refractivity contribution in [3.05, 3.63) is 51.3 Å². The van der Waals surface area contributed by atoms with Crippen molar-refractivity contribution in [1.29, 1.82) is 5.41 Å². The van der Waals surface area contributed by atoms with E-state index in [1.807, 2.05) is 0 Å². The largest absolute Gasteiger partial charge is 0.433 e. The quantitative estimate of drug-likeness (QED) is 0.379. The molecular formula is C9H6F4N4O2. The number of nitro groups is 1. The van der Waals surface area contributed by atoms with E-state index in [4.69, 9.17) is 11.1 Å². The normalized spacial score (nSPS) is 12.3. The Kier molecular flexibility index (Phi) is 3.83. The van der Waals surface area contributed by atoms with Crippen LogP contribution < -0.4 is 5.73 Å². The molecule has 0 saturated carbocycles. The van der Waals surface area contributed by atoms with Gasteiger partial charge in [-0.05, 0) is 12.1 Å². The van der Waals surface area contributed by atoms with Crippen LogP contribution in [-0.2, 0) is 6.18 Å². The Bertz CT molecular complexity index is 568. The number of nitrogens with two attached hydrogens (primary N) is 1. The van der Waals surface area contributed by atoms with Crippen molar-refractivity contribution in [2.45, 2.75) is 6.18 Å². The smallest absolute Gasteiger partial charge is 0.399 e. The highest BCUT2D eigenvalue weighted by Crippen LogP contribution is 2.28. The Morgan fingerprint density at radius 3 is 2.47 bits per heavy atom. The molecular weight excluding hydrogens is 272 g/mol. The van der Waals surface area contributed by atoms with Crippen LogP contribution in [0.4, 0.5) is 17.6 Å². The Morgan fingerprint density at radius 2 is 2.05 bits per heavy atom. The van der Waals surface area contributed by atoms with Crippen LogP contribution in [0.3, 0.4) is 0 Å². The Balaban J connectivity index is 3.35. The van der Waals surface area contributed by atoms with E-state index in [-0.39, 0.29) is 0 Å². The van der Waals surface area contributed by atoms with Gasteiger partial charge in [0.1, 0.15) is 11.4 Å². The van der Waals surface area contributed by atoms with Crippen molar-refractivity contribution >= 4 is 5.71 Å². The van der Waals surface area contributed by atoms with E-state index in [0.717, 1.165) is 0 Å². The Hall–Kier alpha value is -2.52. The Morgan fingerprint density at radius 1 is 1.47 bits per heavy atom. The van der Waals surface area contributed by atoms with Crippen LogP contribution >= 0.6 is 0 Å². The summed E-state index contributed by atoms with van der Waals surface area (Å²) in [6, 6.07) is 0.790. The second-order valence-electron chi connectivity index (χ2n) is 3.21. The summed E-state index contributed by atoms with van der Waals surface area (Å²) < 4.78 is 50.4. The van der Waals surface area contributed by atoms with Gasteiger partial charge in [0.2, 0.25) is 0 Å². The molecule has 0 aliphatic carbocycles. The van der Waals surface area contributed by atoms with Gasteiger partial charge in [-0.25, -0.2) is 9.37 Å². The Labute approximate surface area is 103 Å². The minimum absolute atomic E-state index is 0.365. The highest BCUT2D eigenvalue weighted by atomic mass is 19.4. The summed E-state index contributed by atoms with van der Waals surface area (Å²) in [5.74, 6) is -1.29. The number of hydrogen-bond acceptors (Lipinski definition) is 5. The highest BCUT2D eigenvalue weighted by molar-refractivity contribution is 6.07. The van der Waals surface area contributed by atoms with Crippen LogP contribution in [0, 0.1) is 21.3 Å². The number of aromatic nitrogens is 1. The molecule has 6 nitrogen and oxygen atoms in total. The van der Waals surface area contributed by atoms with Gasteiger partial charge < -0.3 is 5.73 Å². The molecule has 0 amide bonds. The molecule has 1 aromatic rings. The first-order valence-electron chi connectivity index (χ1n) is 4.57. The van der Waals surface area contributed by atoms with E-state index in [0.29, 0.717) is 18.3 Å². The van der Waals surface area contributed by atoms with Crippen LogP contribution in [0.2, 0.25) is 0 Å². The highest BCUT2D eigenvalue weighted by Gasteiger charge is 2.34. The van der Waals surface area contributed by atoms with Crippen molar-refractivity contribution in [2.24, 2.45) is 5.73 Å². The predicted molar refractivity (Wildman–Crippen MR) is 55.3 cm³/mol. The van der Waals surface area contributed by atoms with E-state index in [1.54, 1.807) is 0 Å². The maximum Gasteiger partial charge on any atom is 0.433 e. The second kappa shape index (κ2) is 5.00. The molecule has 1 heterocycles. The van der Waals surface area contributed by atoms with Crippen LogP contribution in [0.1, 0.15) is 11.4 Å². The van der Waals surface area contributed by atoms with Crippen molar-refractivity contribution < 1.29 is 22.5 Å². The SMILES string of the molecule is N=C(/C(=C\N)[N+](=O)[O-])c1nc(C(F)(F)F)ccc1F. The lowest BCUT2D eigenvalue weighted by molar-refractivity contribution is -0.415. The summed E-state index contributed by atoms with van der Waals surface area (Å²) in [7, 11) is 0. The summed E-state index contributed by atoms with van der Waals surface area (Å²) in [4.78, 5) is 12.2. The zero-order chi connectivity index (χ0) is 14.8. The molecule has 0 aromatic carbocycles. The van der Waals surface area contributed by atoms with Gasteiger partial charge in [0, 0.05) is 0 Å². The number of nitrogens with zero attached hydrogens (tertiary/aromatic N) is 2. The third-order valence-electron chi connectivity index (χ3n) is 1.98. The zero-order valence-electron chi connectivity index (χ0n) is 9.03. The van der Waals surface area contributed by atoms with Gasteiger partial charge in [-0.15, -0.1) is 0 Å². The molecule has 0 fully saturated rings. The molecule has 0 atom stereocenters. The van der Waals surface area contributed by atoms with Crippen molar-refractivity contribution in [2.75, 3.05) is 0 Å². The molecule has 0 unspecified atom stereocenters. The van der Waals surface area contributed by atoms with Gasteiger partial charge in [-0.3, -0.25) is 15.5 Å². The van der Waals surface area contributed by atoms with Gasteiger partial charge in [0.25, 0.3) is 0 Å². The maximum atomic E-state index is 13.3. The molecule has 0 aliphatic rings. The fourth-order valence-electron chi connectivity index (χ4n) is 1.13. The topological polar surface area (TPSA) is 106 Å². The van der Waals surface area contributed by atoms with Crippen molar-refractivity contribution in [3.63, 3.8) is 0 Å². The van der Waals surface area contributed by atoms with Gasteiger partial charge in [-0.2, -0.15) is 13.2 Å². The number of pyridine rings is 1. The van der Waals surface area contributed by atoms with E-state index >= 15 is 0 Å². The molecule has 0 radical (unpaired) electrons. The number of hydrogen-bond donors (Lipinski definition) is 2. The minimum atomic E-state index is -4.86. The van der Waals surface area contributed by atoms with Crippen LogP contribution in [0.5, 0.6) is 0 Å². The van der Waals surface area contributed by atoms with E-state index < -0.39 is 39.7 Å². The predicted octanol–water partition coefficient (Wildman–Crippen LogP) is 1.68. The molecule has 0 spiro atoms. The molecule has 102 valence electrons. The molecule has 19 heavy (non-hydrogen) atoms. The fourth-order valence-corrected chi connectivity index (χ4v) is 1.13. The maximum absolute atomic E-state index is 13.3. The van der Waals surface area contributed by atoms with E-state index in [9.17, 15) is 27.7 Å². The standard InChI is InChI=1S/C9H6F4N4O2/c10-4-1-2-6(9(11,12)13)16-8(4)7(15)5(3-14)17(18)19/h1-3,15H,14H2/b5-3+,15-7?. The minimum Gasteiger partial charge on any atom is -0.399 e. The summed E-state index contributed by atoms with van der Waals surface area (Å²) >= 11 is 0. The first-order valence-corrected chi connectivity index (χ1v) is 4.57.